The standard InChI is InChI=1S/C18H32N6O/c1-22-17(14-23-9-11-25-12-10-23)20-21-18(22)15-3-2-8-24(13-15)16-4-6-19-7-5-16/h15-16,19H,2-14H2,1H3/t15-/m1/s1. The highest BCUT2D eigenvalue weighted by atomic mass is 16.5. The molecular formula is C18H32N6O. The summed E-state index contributed by atoms with van der Waals surface area (Å²) >= 11 is 0. The molecule has 0 aromatic carbocycles. The predicted molar refractivity (Wildman–Crippen MR) is 96.5 cm³/mol. The minimum Gasteiger partial charge on any atom is -0.379 e. The number of rotatable bonds is 4. The molecule has 0 spiro atoms. The highest BCUT2D eigenvalue weighted by molar-refractivity contribution is 5.04. The van der Waals surface area contributed by atoms with E-state index in [1.165, 1.54) is 51.1 Å². The van der Waals surface area contributed by atoms with Crippen molar-refractivity contribution in [2.24, 2.45) is 7.05 Å². The number of ether oxygens (including phenoxy) is 1. The predicted octanol–water partition coefficient (Wildman–Crippen LogP) is 0.579. The van der Waals surface area contributed by atoms with Crippen molar-refractivity contribution in [1.82, 2.24) is 29.9 Å². The van der Waals surface area contributed by atoms with Gasteiger partial charge in [-0.05, 0) is 45.3 Å². The molecule has 7 heteroatoms. The number of nitrogens with one attached hydrogen (secondary N) is 1. The van der Waals surface area contributed by atoms with Crippen LogP contribution in [0.5, 0.6) is 0 Å². The lowest BCUT2D eigenvalue weighted by Gasteiger charge is -2.39. The molecule has 1 aromatic heterocycles. The number of hydrogen-bond donors (Lipinski definition) is 1. The summed E-state index contributed by atoms with van der Waals surface area (Å²) in [5, 5.41) is 12.6. The number of hydrogen-bond acceptors (Lipinski definition) is 6. The van der Waals surface area contributed by atoms with E-state index < -0.39 is 0 Å². The fourth-order valence-electron chi connectivity index (χ4n) is 4.55. The van der Waals surface area contributed by atoms with Crippen molar-refractivity contribution >= 4 is 0 Å². The van der Waals surface area contributed by atoms with Crippen molar-refractivity contribution in [3.8, 4) is 0 Å². The smallest absolute Gasteiger partial charge is 0.146 e. The van der Waals surface area contributed by atoms with E-state index in [1.807, 2.05) is 0 Å². The first kappa shape index (κ1) is 17.4. The summed E-state index contributed by atoms with van der Waals surface area (Å²) in [6.07, 6.45) is 5.09. The average molecular weight is 348 g/mol. The quantitative estimate of drug-likeness (QED) is 0.859. The molecule has 0 amide bonds. The summed E-state index contributed by atoms with van der Waals surface area (Å²) < 4.78 is 7.70. The van der Waals surface area contributed by atoms with E-state index in [0.717, 1.165) is 51.3 Å². The SMILES string of the molecule is Cn1c(CN2CCOCC2)nnc1[C@@H]1CCCN(C2CCNCC2)C1. The Hall–Kier alpha value is -1.02. The van der Waals surface area contributed by atoms with Crippen molar-refractivity contribution in [2.75, 3.05) is 52.5 Å². The number of piperidine rings is 2. The van der Waals surface area contributed by atoms with Crippen LogP contribution < -0.4 is 5.32 Å². The van der Waals surface area contributed by atoms with Gasteiger partial charge in [0.2, 0.25) is 0 Å². The van der Waals surface area contributed by atoms with Crippen molar-refractivity contribution in [3.63, 3.8) is 0 Å². The molecule has 0 radical (unpaired) electrons. The highest BCUT2D eigenvalue weighted by Crippen LogP contribution is 2.28. The first-order valence-electron chi connectivity index (χ1n) is 9.94. The topological polar surface area (TPSA) is 58.5 Å². The third-order valence-electron chi connectivity index (χ3n) is 6.11. The van der Waals surface area contributed by atoms with Crippen LogP contribution in [0.25, 0.3) is 0 Å². The molecule has 1 atom stereocenters. The molecule has 3 saturated heterocycles. The average Bonchev–Trinajstić information content (AvgIpc) is 3.04. The fourth-order valence-corrected chi connectivity index (χ4v) is 4.55. The van der Waals surface area contributed by atoms with Crippen LogP contribution in [0.15, 0.2) is 0 Å². The third-order valence-corrected chi connectivity index (χ3v) is 6.11. The summed E-state index contributed by atoms with van der Waals surface area (Å²) in [6.45, 7) is 9.27. The maximum atomic E-state index is 5.44. The second-order valence-corrected chi connectivity index (χ2v) is 7.74. The lowest BCUT2D eigenvalue weighted by Crippen LogP contribution is -2.47. The molecule has 140 valence electrons. The van der Waals surface area contributed by atoms with E-state index in [4.69, 9.17) is 4.74 Å². The zero-order valence-electron chi connectivity index (χ0n) is 15.5. The zero-order valence-corrected chi connectivity index (χ0v) is 15.5. The Kier molecular flexibility index (Phi) is 5.65. The molecule has 4 heterocycles. The van der Waals surface area contributed by atoms with Gasteiger partial charge in [-0.15, -0.1) is 10.2 Å². The van der Waals surface area contributed by atoms with Crippen LogP contribution in [-0.2, 0) is 18.3 Å². The van der Waals surface area contributed by atoms with Gasteiger partial charge >= 0.3 is 0 Å². The van der Waals surface area contributed by atoms with Gasteiger partial charge in [-0.3, -0.25) is 9.80 Å². The Bertz CT molecular complexity index is 550. The Morgan fingerprint density at radius 1 is 1.08 bits per heavy atom. The van der Waals surface area contributed by atoms with Gasteiger partial charge in [0.25, 0.3) is 0 Å². The Labute approximate surface area is 150 Å². The van der Waals surface area contributed by atoms with Gasteiger partial charge in [-0.1, -0.05) is 0 Å². The fraction of sp³-hybridized carbons (Fsp3) is 0.889. The van der Waals surface area contributed by atoms with Gasteiger partial charge in [-0.2, -0.15) is 0 Å². The van der Waals surface area contributed by atoms with Gasteiger partial charge in [-0.25, -0.2) is 0 Å². The monoisotopic (exact) mass is 348 g/mol. The molecular weight excluding hydrogens is 316 g/mol. The van der Waals surface area contributed by atoms with Crippen molar-refractivity contribution < 1.29 is 4.74 Å². The molecule has 1 aromatic rings. The summed E-state index contributed by atoms with van der Waals surface area (Å²) in [4.78, 5) is 5.13. The van der Waals surface area contributed by atoms with E-state index in [-0.39, 0.29) is 0 Å². The first-order valence-corrected chi connectivity index (χ1v) is 9.94. The van der Waals surface area contributed by atoms with Crippen LogP contribution in [0.4, 0.5) is 0 Å². The Morgan fingerprint density at radius 2 is 1.88 bits per heavy atom. The minimum atomic E-state index is 0.527. The summed E-state index contributed by atoms with van der Waals surface area (Å²) in [7, 11) is 2.15. The largest absolute Gasteiger partial charge is 0.379 e. The van der Waals surface area contributed by atoms with Crippen LogP contribution in [0.1, 0.15) is 43.3 Å². The lowest BCUT2D eigenvalue weighted by molar-refractivity contribution is 0.0326. The molecule has 3 aliphatic rings. The van der Waals surface area contributed by atoms with Crippen LogP contribution in [-0.4, -0.2) is 83.1 Å². The second-order valence-electron chi connectivity index (χ2n) is 7.74. The molecule has 7 nitrogen and oxygen atoms in total. The number of likely N-dealkylation sites (tertiary alicyclic amines) is 1. The van der Waals surface area contributed by atoms with Gasteiger partial charge in [0, 0.05) is 38.6 Å². The lowest BCUT2D eigenvalue weighted by atomic mass is 9.93. The Balaban J connectivity index is 1.40. The molecule has 0 saturated carbocycles. The number of nitrogens with zero attached hydrogens (tertiary/aromatic N) is 5. The number of morpholine rings is 1. The maximum absolute atomic E-state index is 5.44. The molecule has 3 fully saturated rings. The van der Waals surface area contributed by atoms with Crippen molar-refractivity contribution in [3.05, 3.63) is 11.6 Å². The summed E-state index contributed by atoms with van der Waals surface area (Å²) in [5.74, 6) is 2.80. The van der Waals surface area contributed by atoms with E-state index in [1.54, 1.807) is 0 Å². The minimum absolute atomic E-state index is 0.527. The van der Waals surface area contributed by atoms with Crippen LogP contribution in [0, 0.1) is 0 Å². The molecule has 0 bridgehead atoms. The highest BCUT2D eigenvalue weighted by Gasteiger charge is 2.30. The molecule has 3 aliphatic heterocycles. The van der Waals surface area contributed by atoms with Gasteiger partial charge in [0.1, 0.15) is 11.6 Å². The molecule has 0 aliphatic carbocycles. The van der Waals surface area contributed by atoms with Crippen LogP contribution >= 0.6 is 0 Å². The van der Waals surface area contributed by atoms with Gasteiger partial charge < -0.3 is 14.6 Å². The summed E-state index contributed by atoms with van der Waals surface area (Å²) in [5.41, 5.74) is 0. The van der Waals surface area contributed by atoms with E-state index in [9.17, 15) is 0 Å². The maximum Gasteiger partial charge on any atom is 0.146 e. The van der Waals surface area contributed by atoms with Gasteiger partial charge in [0.05, 0.1) is 19.8 Å². The first-order chi connectivity index (χ1) is 12.3. The third kappa shape index (κ3) is 4.05. The van der Waals surface area contributed by atoms with E-state index >= 15 is 0 Å². The molecule has 4 rings (SSSR count). The normalized spacial score (nSPS) is 27.6. The van der Waals surface area contributed by atoms with Crippen LogP contribution in [0.2, 0.25) is 0 Å². The van der Waals surface area contributed by atoms with Crippen molar-refractivity contribution in [1.29, 1.82) is 0 Å². The molecule has 1 N–H and O–H groups in total. The van der Waals surface area contributed by atoms with E-state index in [0.29, 0.717) is 5.92 Å². The Morgan fingerprint density at radius 3 is 2.68 bits per heavy atom. The van der Waals surface area contributed by atoms with Crippen LogP contribution in [0.3, 0.4) is 0 Å². The molecule has 0 unspecified atom stereocenters. The van der Waals surface area contributed by atoms with Crippen molar-refractivity contribution in [2.45, 2.75) is 44.2 Å². The molecule has 25 heavy (non-hydrogen) atoms. The van der Waals surface area contributed by atoms with Gasteiger partial charge in [0.15, 0.2) is 0 Å². The second kappa shape index (κ2) is 8.12. The number of aromatic nitrogens is 3. The summed E-state index contributed by atoms with van der Waals surface area (Å²) in [6, 6.07) is 0.755. The zero-order chi connectivity index (χ0) is 17.1. The van der Waals surface area contributed by atoms with E-state index in [2.05, 4.69) is 36.9 Å².